The molecule has 1 aliphatic rings. The van der Waals surface area contributed by atoms with Gasteiger partial charge in [0.05, 0.1) is 0 Å². The number of fused-ring (bicyclic) bond motifs is 1. The maximum atomic E-state index is 6.03. The highest BCUT2D eigenvalue weighted by Gasteiger charge is 2.24. The summed E-state index contributed by atoms with van der Waals surface area (Å²) in [6, 6.07) is 11.4. The van der Waals surface area contributed by atoms with Crippen LogP contribution in [-0.4, -0.2) is 18.0 Å². The molecule has 0 saturated heterocycles. The first kappa shape index (κ1) is 12.9. The summed E-state index contributed by atoms with van der Waals surface area (Å²) >= 11 is 1.89. The molecule has 2 N–H and O–H groups in total. The Hall–Kier alpha value is -1.16. The summed E-state index contributed by atoms with van der Waals surface area (Å²) in [6.07, 6.45) is 1.16. The van der Waals surface area contributed by atoms with E-state index in [9.17, 15) is 0 Å². The highest BCUT2D eigenvalue weighted by atomic mass is 32.1. The molecule has 1 aromatic carbocycles. The van der Waals surface area contributed by atoms with Crippen LogP contribution in [0.15, 0.2) is 35.7 Å². The Bertz CT molecular complexity index is 544. The van der Waals surface area contributed by atoms with Crippen LogP contribution in [0.1, 0.15) is 27.6 Å². The summed E-state index contributed by atoms with van der Waals surface area (Å²) in [5, 5.41) is 2.21. The molecule has 2 nitrogen and oxygen atoms in total. The first-order chi connectivity index (χ1) is 9.28. The Morgan fingerprint density at radius 1 is 1.26 bits per heavy atom. The first-order valence-electron chi connectivity index (χ1n) is 6.84. The molecule has 3 rings (SSSR count). The van der Waals surface area contributed by atoms with Crippen LogP contribution in [-0.2, 0) is 13.0 Å². The number of aryl methyl sites for hydroxylation is 1. The van der Waals surface area contributed by atoms with E-state index in [0.29, 0.717) is 12.6 Å². The lowest BCUT2D eigenvalue weighted by atomic mass is 10.0. The van der Waals surface area contributed by atoms with Gasteiger partial charge in [0, 0.05) is 30.6 Å². The molecule has 0 fully saturated rings. The second-order valence-corrected chi connectivity index (χ2v) is 6.25. The van der Waals surface area contributed by atoms with Crippen molar-refractivity contribution in [2.45, 2.75) is 25.9 Å². The van der Waals surface area contributed by atoms with Crippen LogP contribution in [0.2, 0.25) is 0 Å². The molecule has 19 heavy (non-hydrogen) atoms. The summed E-state index contributed by atoms with van der Waals surface area (Å²) in [5.41, 5.74) is 10.2. The van der Waals surface area contributed by atoms with Gasteiger partial charge in [-0.1, -0.05) is 29.8 Å². The Morgan fingerprint density at radius 2 is 2.05 bits per heavy atom. The highest BCUT2D eigenvalue weighted by Crippen LogP contribution is 2.29. The van der Waals surface area contributed by atoms with E-state index in [0.717, 1.165) is 19.5 Å². The molecule has 1 aromatic heterocycles. The average molecular weight is 272 g/mol. The Labute approximate surface area is 118 Å². The van der Waals surface area contributed by atoms with Gasteiger partial charge in [0.2, 0.25) is 0 Å². The second-order valence-electron chi connectivity index (χ2n) is 5.25. The molecule has 0 amide bonds. The molecule has 2 heterocycles. The van der Waals surface area contributed by atoms with Crippen LogP contribution in [0.25, 0.3) is 0 Å². The van der Waals surface area contributed by atoms with Crippen molar-refractivity contribution in [3.8, 4) is 0 Å². The zero-order chi connectivity index (χ0) is 13.2. The maximum Gasteiger partial charge on any atom is 0.0474 e. The van der Waals surface area contributed by atoms with Crippen molar-refractivity contribution in [2.75, 3.05) is 13.1 Å². The molecule has 3 heteroatoms. The lowest BCUT2D eigenvalue weighted by Crippen LogP contribution is -2.37. The number of benzene rings is 1. The normalized spacial score (nSPS) is 17.2. The Morgan fingerprint density at radius 3 is 2.79 bits per heavy atom. The predicted molar refractivity (Wildman–Crippen MR) is 81.4 cm³/mol. The van der Waals surface area contributed by atoms with E-state index in [1.165, 1.54) is 16.7 Å². The summed E-state index contributed by atoms with van der Waals surface area (Å²) in [6.45, 7) is 4.96. The van der Waals surface area contributed by atoms with Gasteiger partial charge in [-0.25, -0.2) is 0 Å². The number of nitrogens with two attached hydrogens (primary N) is 1. The minimum absolute atomic E-state index is 0.341. The van der Waals surface area contributed by atoms with Gasteiger partial charge in [0.25, 0.3) is 0 Å². The van der Waals surface area contributed by atoms with Crippen molar-refractivity contribution in [3.63, 3.8) is 0 Å². The monoisotopic (exact) mass is 272 g/mol. The SMILES string of the molecule is Cc1ccc(C(CN)N2CCc3sccc3C2)cc1. The molecule has 100 valence electrons. The van der Waals surface area contributed by atoms with Gasteiger partial charge in [-0.3, -0.25) is 4.90 Å². The highest BCUT2D eigenvalue weighted by molar-refractivity contribution is 7.10. The summed E-state index contributed by atoms with van der Waals surface area (Å²) in [4.78, 5) is 4.07. The van der Waals surface area contributed by atoms with E-state index in [1.54, 1.807) is 4.88 Å². The first-order valence-corrected chi connectivity index (χ1v) is 7.72. The lowest BCUT2D eigenvalue weighted by Gasteiger charge is -2.34. The van der Waals surface area contributed by atoms with Crippen LogP contribution in [0.5, 0.6) is 0 Å². The quantitative estimate of drug-likeness (QED) is 0.930. The van der Waals surface area contributed by atoms with Crippen molar-refractivity contribution in [3.05, 3.63) is 57.3 Å². The molecule has 1 unspecified atom stereocenters. The van der Waals surface area contributed by atoms with Crippen LogP contribution in [0.4, 0.5) is 0 Å². The van der Waals surface area contributed by atoms with E-state index in [4.69, 9.17) is 5.73 Å². The topological polar surface area (TPSA) is 29.3 Å². The molecular weight excluding hydrogens is 252 g/mol. The minimum atomic E-state index is 0.341. The van der Waals surface area contributed by atoms with E-state index < -0.39 is 0 Å². The fourth-order valence-electron chi connectivity index (χ4n) is 2.82. The third kappa shape index (κ3) is 2.59. The molecule has 0 aliphatic carbocycles. The van der Waals surface area contributed by atoms with Crippen molar-refractivity contribution in [1.29, 1.82) is 0 Å². The summed E-state index contributed by atoms with van der Waals surface area (Å²) in [7, 11) is 0. The van der Waals surface area contributed by atoms with Crippen molar-refractivity contribution < 1.29 is 0 Å². The van der Waals surface area contributed by atoms with Crippen LogP contribution >= 0.6 is 11.3 Å². The van der Waals surface area contributed by atoms with E-state index in [-0.39, 0.29) is 0 Å². The third-order valence-corrected chi connectivity index (χ3v) is 4.99. The van der Waals surface area contributed by atoms with Gasteiger partial charge in [-0.15, -0.1) is 11.3 Å². The molecule has 0 saturated carbocycles. The standard InChI is InChI=1S/C16H20N2S/c1-12-2-4-13(5-3-12)15(10-17)18-8-6-16-14(11-18)7-9-19-16/h2-5,7,9,15H,6,8,10-11,17H2,1H3. The van der Waals surface area contributed by atoms with Crippen LogP contribution in [0, 0.1) is 6.92 Å². The number of nitrogens with zero attached hydrogens (tertiary/aromatic N) is 1. The molecule has 1 aliphatic heterocycles. The molecule has 0 radical (unpaired) electrons. The fourth-order valence-corrected chi connectivity index (χ4v) is 3.71. The number of thiophene rings is 1. The molecule has 2 aromatic rings. The number of hydrogen-bond acceptors (Lipinski definition) is 3. The van der Waals surface area contributed by atoms with Gasteiger partial charge in [-0.05, 0) is 35.9 Å². The molecular formula is C16H20N2S. The van der Waals surface area contributed by atoms with Crippen molar-refractivity contribution >= 4 is 11.3 Å². The van der Waals surface area contributed by atoms with E-state index in [2.05, 4.69) is 47.5 Å². The van der Waals surface area contributed by atoms with Gasteiger partial charge in [-0.2, -0.15) is 0 Å². The van der Waals surface area contributed by atoms with Gasteiger partial charge < -0.3 is 5.73 Å². The zero-order valence-corrected chi connectivity index (χ0v) is 12.1. The third-order valence-electron chi connectivity index (χ3n) is 3.96. The van der Waals surface area contributed by atoms with Gasteiger partial charge >= 0.3 is 0 Å². The fraction of sp³-hybridized carbons (Fsp3) is 0.375. The number of rotatable bonds is 3. The molecule has 1 atom stereocenters. The van der Waals surface area contributed by atoms with Crippen LogP contribution in [0.3, 0.4) is 0 Å². The largest absolute Gasteiger partial charge is 0.329 e. The average Bonchev–Trinajstić information content (AvgIpc) is 2.89. The zero-order valence-electron chi connectivity index (χ0n) is 11.3. The van der Waals surface area contributed by atoms with E-state index in [1.807, 2.05) is 11.3 Å². The van der Waals surface area contributed by atoms with Crippen LogP contribution < -0.4 is 5.73 Å². The summed E-state index contributed by atoms with van der Waals surface area (Å²) < 4.78 is 0. The summed E-state index contributed by atoms with van der Waals surface area (Å²) in [5.74, 6) is 0. The van der Waals surface area contributed by atoms with Gasteiger partial charge in [0.15, 0.2) is 0 Å². The van der Waals surface area contributed by atoms with Gasteiger partial charge in [0.1, 0.15) is 0 Å². The molecule has 0 bridgehead atoms. The lowest BCUT2D eigenvalue weighted by molar-refractivity contribution is 0.185. The number of hydrogen-bond donors (Lipinski definition) is 1. The van der Waals surface area contributed by atoms with E-state index >= 15 is 0 Å². The van der Waals surface area contributed by atoms with Crippen molar-refractivity contribution in [2.24, 2.45) is 5.73 Å². The second kappa shape index (κ2) is 5.45. The van der Waals surface area contributed by atoms with Crippen molar-refractivity contribution in [1.82, 2.24) is 4.90 Å². The molecule has 0 spiro atoms. The predicted octanol–water partition coefficient (Wildman–Crippen LogP) is 3.11. The Kier molecular flexibility index (Phi) is 3.69. The minimum Gasteiger partial charge on any atom is -0.329 e. The maximum absolute atomic E-state index is 6.03. The smallest absolute Gasteiger partial charge is 0.0474 e. The Balaban J connectivity index is 1.82.